The Bertz CT molecular complexity index is 170. The van der Waals surface area contributed by atoms with Gasteiger partial charge in [0.05, 0.1) is 0 Å². The van der Waals surface area contributed by atoms with Crippen LogP contribution in [0.15, 0.2) is 24.1 Å². The molecule has 0 nitrogen and oxygen atoms in total. The molecule has 0 fully saturated rings. The fourth-order valence-electron chi connectivity index (χ4n) is 0.507. The van der Waals surface area contributed by atoms with Gasteiger partial charge < -0.3 is 0 Å². The van der Waals surface area contributed by atoms with E-state index in [2.05, 4.69) is 15.9 Å². The zero-order chi connectivity index (χ0) is 6.91. The van der Waals surface area contributed by atoms with Gasteiger partial charge in [0.1, 0.15) is 5.83 Å². The van der Waals surface area contributed by atoms with Crippen LogP contribution in [0, 0.1) is 6.42 Å². The van der Waals surface area contributed by atoms with Crippen molar-refractivity contribution >= 4 is 15.9 Å². The number of rotatable bonds is 0. The van der Waals surface area contributed by atoms with Crippen molar-refractivity contribution in [3.05, 3.63) is 30.5 Å². The molecule has 1 aliphatic rings. The monoisotopic (exact) mass is 193 g/mol. The summed E-state index contributed by atoms with van der Waals surface area (Å²) in [7, 11) is 0. The SMILES string of the molecule is FC1=C[CH]C=CC1(F)Br. The molecule has 0 heterocycles. The van der Waals surface area contributed by atoms with E-state index in [0.29, 0.717) is 0 Å². The maximum absolute atomic E-state index is 12.6. The summed E-state index contributed by atoms with van der Waals surface area (Å²) in [5.74, 6) is -0.815. The lowest BCUT2D eigenvalue weighted by atomic mass is 10.2. The molecule has 0 aliphatic heterocycles. The Labute approximate surface area is 60.4 Å². The minimum Gasteiger partial charge on any atom is -0.219 e. The van der Waals surface area contributed by atoms with Crippen molar-refractivity contribution in [2.75, 3.05) is 0 Å². The van der Waals surface area contributed by atoms with Crippen molar-refractivity contribution in [3.8, 4) is 0 Å². The average molecular weight is 194 g/mol. The van der Waals surface area contributed by atoms with E-state index in [1.54, 1.807) is 0 Å². The molecule has 0 aromatic heterocycles. The van der Waals surface area contributed by atoms with Crippen LogP contribution in [0.1, 0.15) is 0 Å². The molecule has 9 heavy (non-hydrogen) atoms. The summed E-state index contributed by atoms with van der Waals surface area (Å²) in [6.45, 7) is 0. The number of allylic oxidation sites excluding steroid dienone is 4. The molecule has 0 amide bonds. The van der Waals surface area contributed by atoms with Crippen LogP contribution in [-0.2, 0) is 0 Å². The second-order valence-electron chi connectivity index (χ2n) is 1.69. The molecule has 0 saturated heterocycles. The van der Waals surface area contributed by atoms with Gasteiger partial charge in [0.2, 0.25) is 4.58 Å². The van der Waals surface area contributed by atoms with E-state index >= 15 is 0 Å². The molecule has 1 rings (SSSR count). The summed E-state index contributed by atoms with van der Waals surface area (Å²) in [5.41, 5.74) is 0. The molecule has 1 aliphatic carbocycles. The van der Waals surface area contributed by atoms with E-state index in [1.165, 1.54) is 12.5 Å². The molecule has 0 aromatic carbocycles. The van der Waals surface area contributed by atoms with E-state index < -0.39 is 10.4 Å². The second-order valence-corrected chi connectivity index (χ2v) is 2.84. The fraction of sp³-hybridized carbons (Fsp3) is 0.167. The lowest BCUT2D eigenvalue weighted by Gasteiger charge is -2.13. The smallest absolute Gasteiger partial charge is 0.219 e. The minimum absolute atomic E-state index is 0.815. The summed E-state index contributed by atoms with van der Waals surface area (Å²) >= 11 is 2.54. The Hall–Kier alpha value is -0.180. The van der Waals surface area contributed by atoms with Gasteiger partial charge in [0.15, 0.2) is 0 Å². The van der Waals surface area contributed by atoms with E-state index in [9.17, 15) is 8.78 Å². The molecule has 0 saturated carbocycles. The molecule has 0 N–H and O–H groups in total. The molecule has 0 aromatic rings. The molecular formula is C6H4BrF2. The molecule has 3 heteroatoms. The minimum atomic E-state index is -2.07. The largest absolute Gasteiger partial charge is 0.233 e. The first-order valence-electron chi connectivity index (χ1n) is 2.39. The molecular weight excluding hydrogens is 190 g/mol. The summed E-state index contributed by atoms with van der Waals surface area (Å²) in [5, 5.41) is 0. The highest BCUT2D eigenvalue weighted by Crippen LogP contribution is 2.34. The summed E-state index contributed by atoms with van der Waals surface area (Å²) in [6.07, 6.45) is 5.06. The first kappa shape index (κ1) is 6.93. The van der Waals surface area contributed by atoms with Crippen LogP contribution in [0.25, 0.3) is 0 Å². The Balaban J connectivity index is 2.83. The molecule has 0 bridgehead atoms. The van der Waals surface area contributed by atoms with Crippen molar-refractivity contribution in [3.63, 3.8) is 0 Å². The van der Waals surface area contributed by atoms with Gasteiger partial charge in [0.25, 0.3) is 0 Å². The standard InChI is InChI=1S/C6H4BrF2/c7-6(9)4-2-1-3-5(6)8/h1-4H. The highest BCUT2D eigenvalue weighted by Gasteiger charge is 2.29. The highest BCUT2D eigenvalue weighted by atomic mass is 79.9. The highest BCUT2D eigenvalue weighted by molar-refractivity contribution is 9.10. The van der Waals surface area contributed by atoms with Gasteiger partial charge in [-0.2, -0.15) is 0 Å². The maximum atomic E-state index is 12.6. The number of hydrogen-bond acceptors (Lipinski definition) is 0. The van der Waals surface area contributed by atoms with Crippen molar-refractivity contribution in [1.29, 1.82) is 0 Å². The Morgan fingerprint density at radius 2 is 2.22 bits per heavy atom. The molecule has 1 atom stereocenters. The van der Waals surface area contributed by atoms with Gasteiger partial charge >= 0.3 is 0 Å². The van der Waals surface area contributed by atoms with Crippen LogP contribution in [0.4, 0.5) is 8.78 Å². The third-order valence-corrected chi connectivity index (χ3v) is 1.62. The first-order valence-corrected chi connectivity index (χ1v) is 3.19. The van der Waals surface area contributed by atoms with Crippen LogP contribution in [-0.4, -0.2) is 4.58 Å². The van der Waals surface area contributed by atoms with Gasteiger partial charge in [-0.1, -0.05) is 6.08 Å². The maximum Gasteiger partial charge on any atom is 0.233 e. The zero-order valence-electron chi connectivity index (χ0n) is 4.44. The lowest BCUT2D eigenvalue weighted by Crippen LogP contribution is -2.12. The number of hydrogen-bond donors (Lipinski definition) is 0. The number of alkyl halides is 2. The fourth-order valence-corrected chi connectivity index (χ4v) is 0.792. The van der Waals surface area contributed by atoms with Gasteiger partial charge in [0, 0.05) is 6.42 Å². The molecule has 1 radical (unpaired) electrons. The van der Waals surface area contributed by atoms with Crippen molar-refractivity contribution in [1.82, 2.24) is 0 Å². The van der Waals surface area contributed by atoms with E-state index in [4.69, 9.17) is 0 Å². The van der Waals surface area contributed by atoms with Gasteiger partial charge in [-0.25, -0.2) is 8.78 Å². The van der Waals surface area contributed by atoms with Crippen LogP contribution < -0.4 is 0 Å². The third kappa shape index (κ3) is 1.39. The topological polar surface area (TPSA) is 0 Å². The Kier molecular flexibility index (Phi) is 1.70. The third-order valence-electron chi connectivity index (χ3n) is 0.978. The molecule has 49 valence electrons. The average Bonchev–Trinajstić information content (AvgIpc) is 1.77. The lowest BCUT2D eigenvalue weighted by molar-refractivity contribution is 0.351. The van der Waals surface area contributed by atoms with Crippen LogP contribution in [0.2, 0.25) is 0 Å². The van der Waals surface area contributed by atoms with Crippen molar-refractivity contribution in [2.24, 2.45) is 0 Å². The first-order chi connectivity index (χ1) is 4.13. The normalized spacial score (nSPS) is 34.3. The second kappa shape index (κ2) is 2.21. The number of halogens is 3. The van der Waals surface area contributed by atoms with Crippen molar-refractivity contribution < 1.29 is 8.78 Å². The van der Waals surface area contributed by atoms with Gasteiger partial charge in [-0.3, -0.25) is 0 Å². The predicted molar refractivity (Wildman–Crippen MR) is 35.4 cm³/mol. The van der Waals surface area contributed by atoms with Crippen LogP contribution in [0.5, 0.6) is 0 Å². The zero-order valence-corrected chi connectivity index (χ0v) is 6.03. The summed E-state index contributed by atoms with van der Waals surface area (Å²) in [4.78, 5) is 0. The van der Waals surface area contributed by atoms with E-state index in [0.717, 1.165) is 12.2 Å². The van der Waals surface area contributed by atoms with Gasteiger partial charge in [-0.15, -0.1) is 0 Å². The van der Waals surface area contributed by atoms with E-state index in [-0.39, 0.29) is 0 Å². The quantitative estimate of drug-likeness (QED) is 0.520. The van der Waals surface area contributed by atoms with Crippen molar-refractivity contribution in [2.45, 2.75) is 4.58 Å². The Morgan fingerprint density at radius 3 is 2.56 bits per heavy atom. The van der Waals surface area contributed by atoms with Crippen LogP contribution >= 0.6 is 15.9 Å². The molecule has 0 spiro atoms. The Morgan fingerprint density at radius 1 is 1.56 bits per heavy atom. The molecule has 1 unspecified atom stereocenters. The van der Waals surface area contributed by atoms with Gasteiger partial charge in [-0.05, 0) is 28.1 Å². The summed E-state index contributed by atoms with van der Waals surface area (Å²) < 4.78 is 22.9. The predicted octanol–water partition coefficient (Wildman–Crippen LogP) is 2.67. The van der Waals surface area contributed by atoms with E-state index in [1.807, 2.05) is 0 Å². The van der Waals surface area contributed by atoms with Crippen LogP contribution in [0.3, 0.4) is 0 Å². The summed E-state index contributed by atoms with van der Waals surface area (Å²) in [6, 6.07) is 0.